The molecule has 0 spiro atoms. The molecule has 1 heterocycles. The number of ether oxygens (including phenoxy) is 4. The molecule has 0 amide bonds. The Bertz CT molecular complexity index is 944. The average molecular weight is 368 g/mol. The van der Waals surface area contributed by atoms with Gasteiger partial charge in [0.2, 0.25) is 5.75 Å². The minimum Gasteiger partial charge on any atom is -0.496 e. The highest BCUT2D eigenvalue weighted by molar-refractivity contribution is 5.96. The number of aldehydes is 1. The van der Waals surface area contributed by atoms with E-state index in [0.717, 1.165) is 11.8 Å². The SMILES string of the molecule is COc1ccc(-c2ccco2)cc1-c1c(C=O)cc(OC)c(OC)c1OC. The molecular formula is C21H20O6. The standard InChI is InChI=1S/C21H20O6/c1-23-17-8-7-13(16-6-5-9-27-16)10-15(17)19-14(12-22)11-18(24-2)20(25-3)21(19)26-4/h5-12H,1-4H3. The van der Waals surface area contributed by atoms with E-state index in [-0.39, 0.29) is 0 Å². The summed E-state index contributed by atoms with van der Waals surface area (Å²) in [6, 6.07) is 10.9. The normalized spacial score (nSPS) is 10.4. The van der Waals surface area contributed by atoms with Crippen molar-refractivity contribution in [2.75, 3.05) is 28.4 Å². The van der Waals surface area contributed by atoms with Crippen LogP contribution >= 0.6 is 0 Å². The molecule has 0 radical (unpaired) electrons. The summed E-state index contributed by atoms with van der Waals surface area (Å²) in [5.41, 5.74) is 2.45. The number of carbonyl (C=O) groups excluding carboxylic acids is 1. The van der Waals surface area contributed by atoms with Crippen LogP contribution in [-0.4, -0.2) is 34.7 Å². The van der Waals surface area contributed by atoms with Crippen LogP contribution in [0.15, 0.2) is 47.1 Å². The summed E-state index contributed by atoms with van der Waals surface area (Å²) in [5, 5.41) is 0. The number of hydrogen-bond donors (Lipinski definition) is 0. The first-order valence-corrected chi connectivity index (χ1v) is 8.18. The van der Waals surface area contributed by atoms with Gasteiger partial charge >= 0.3 is 0 Å². The Kier molecular flexibility index (Phi) is 5.35. The second kappa shape index (κ2) is 7.86. The van der Waals surface area contributed by atoms with E-state index in [0.29, 0.717) is 45.4 Å². The molecule has 1 aromatic heterocycles. The van der Waals surface area contributed by atoms with Crippen LogP contribution in [0.3, 0.4) is 0 Å². The van der Waals surface area contributed by atoms with Gasteiger partial charge < -0.3 is 23.4 Å². The van der Waals surface area contributed by atoms with Crippen LogP contribution in [0.5, 0.6) is 23.0 Å². The predicted molar refractivity (Wildman–Crippen MR) is 101 cm³/mol. The van der Waals surface area contributed by atoms with Gasteiger partial charge in [-0.15, -0.1) is 0 Å². The fourth-order valence-corrected chi connectivity index (χ4v) is 3.05. The lowest BCUT2D eigenvalue weighted by Gasteiger charge is -2.19. The number of methoxy groups -OCH3 is 4. The van der Waals surface area contributed by atoms with Gasteiger partial charge in [-0.05, 0) is 36.4 Å². The highest BCUT2D eigenvalue weighted by Gasteiger charge is 2.24. The Morgan fingerprint density at radius 2 is 1.59 bits per heavy atom. The smallest absolute Gasteiger partial charge is 0.203 e. The van der Waals surface area contributed by atoms with Crippen LogP contribution in [0.2, 0.25) is 0 Å². The molecule has 0 saturated heterocycles. The van der Waals surface area contributed by atoms with Crippen molar-refractivity contribution in [2.45, 2.75) is 0 Å². The summed E-state index contributed by atoms with van der Waals surface area (Å²) >= 11 is 0. The van der Waals surface area contributed by atoms with Crippen LogP contribution in [-0.2, 0) is 0 Å². The van der Waals surface area contributed by atoms with Crippen molar-refractivity contribution in [2.24, 2.45) is 0 Å². The first-order chi connectivity index (χ1) is 13.2. The lowest BCUT2D eigenvalue weighted by atomic mass is 9.95. The van der Waals surface area contributed by atoms with Crippen molar-refractivity contribution in [1.29, 1.82) is 0 Å². The van der Waals surface area contributed by atoms with Crippen LogP contribution in [0, 0.1) is 0 Å². The number of benzene rings is 2. The molecule has 0 aliphatic rings. The first kappa shape index (κ1) is 18.4. The van der Waals surface area contributed by atoms with Gasteiger partial charge in [0.15, 0.2) is 17.8 Å². The van der Waals surface area contributed by atoms with Gasteiger partial charge in [-0.3, -0.25) is 4.79 Å². The maximum atomic E-state index is 11.8. The molecule has 0 aliphatic carbocycles. The molecular weight excluding hydrogens is 348 g/mol. The zero-order valence-corrected chi connectivity index (χ0v) is 15.6. The number of carbonyl (C=O) groups is 1. The first-order valence-electron chi connectivity index (χ1n) is 8.18. The molecule has 27 heavy (non-hydrogen) atoms. The summed E-state index contributed by atoms with van der Waals surface area (Å²) < 4.78 is 27.4. The van der Waals surface area contributed by atoms with Gasteiger partial charge in [-0.1, -0.05) is 0 Å². The Morgan fingerprint density at radius 3 is 2.15 bits per heavy atom. The van der Waals surface area contributed by atoms with Crippen molar-refractivity contribution in [3.05, 3.63) is 48.2 Å². The van der Waals surface area contributed by atoms with E-state index >= 15 is 0 Å². The van der Waals surface area contributed by atoms with Crippen molar-refractivity contribution in [3.63, 3.8) is 0 Å². The fourth-order valence-electron chi connectivity index (χ4n) is 3.05. The van der Waals surface area contributed by atoms with Crippen LogP contribution in [0.25, 0.3) is 22.5 Å². The summed E-state index contributed by atoms with van der Waals surface area (Å²) in [6.45, 7) is 0. The topological polar surface area (TPSA) is 67.1 Å². The van der Waals surface area contributed by atoms with Gasteiger partial charge in [0.25, 0.3) is 0 Å². The molecule has 0 bridgehead atoms. The fraction of sp³-hybridized carbons (Fsp3) is 0.190. The molecule has 0 atom stereocenters. The Hall–Kier alpha value is -3.41. The Balaban J connectivity index is 2.35. The lowest BCUT2D eigenvalue weighted by Crippen LogP contribution is -2.01. The maximum absolute atomic E-state index is 11.8. The van der Waals surface area contributed by atoms with Crippen LogP contribution < -0.4 is 18.9 Å². The van der Waals surface area contributed by atoms with Gasteiger partial charge in [0.1, 0.15) is 11.5 Å². The van der Waals surface area contributed by atoms with Gasteiger partial charge in [0, 0.05) is 22.3 Å². The third-order valence-electron chi connectivity index (χ3n) is 4.26. The van der Waals surface area contributed by atoms with Crippen molar-refractivity contribution in [3.8, 4) is 45.4 Å². The summed E-state index contributed by atoms with van der Waals surface area (Å²) in [6.07, 6.45) is 2.35. The molecule has 6 nitrogen and oxygen atoms in total. The van der Waals surface area contributed by atoms with Crippen molar-refractivity contribution < 1.29 is 28.2 Å². The molecule has 0 unspecified atom stereocenters. The minimum atomic E-state index is 0.383. The molecule has 3 rings (SSSR count). The predicted octanol–water partition coefficient (Wildman–Crippen LogP) is 4.46. The molecule has 2 aromatic carbocycles. The van der Waals surface area contributed by atoms with E-state index in [1.54, 1.807) is 19.4 Å². The van der Waals surface area contributed by atoms with Crippen molar-refractivity contribution in [1.82, 2.24) is 0 Å². The monoisotopic (exact) mass is 368 g/mol. The molecule has 0 aliphatic heterocycles. The summed E-state index contributed by atoms with van der Waals surface area (Å²) in [5.74, 6) is 2.46. The number of rotatable bonds is 7. The van der Waals surface area contributed by atoms with Gasteiger partial charge in [-0.25, -0.2) is 0 Å². The third-order valence-corrected chi connectivity index (χ3v) is 4.26. The lowest BCUT2D eigenvalue weighted by molar-refractivity contribution is 0.112. The van der Waals surface area contributed by atoms with Gasteiger partial charge in [0.05, 0.1) is 34.7 Å². The second-order valence-corrected chi connectivity index (χ2v) is 5.62. The van der Waals surface area contributed by atoms with E-state index in [1.807, 2.05) is 30.3 Å². The minimum absolute atomic E-state index is 0.383. The van der Waals surface area contributed by atoms with Crippen LogP contribution in [0.1, 0.15) is 10.4 Å². The van der Waals surface area contributed by atoms with Crippen LogP contribution in [0.4, 0.5) is 0 Å². The summed E-state index contributed by atoms with van der Waals surface area (Å²) in [4.78, 5) is 11.8. The maximum Gasteiger partial charge on any atom is 0.203 e. The Labute approximate surface area is 157 Å². The highest BCUT2D eigenvalue weighted by Crippen LogP contribution is 2.49. The largest absolute Gasteiger partial charge is 0.496 e. The molecule has 3 aromatic rings. The third kappa shape index (κ3) is 3.21. The van der Waals surface area contributed by atoms with Crippen molar-refractivity contribution >= 4 is 6.29 Å². The molecule has 0 N–H and O–H groups in total. The van der Waals surface area contributed by atoms with E-state index < -0.39 is 0 Å². The van der Waals surface area contributed by atoms with E-state index in [9.17, 15) is 4.79 Å². The highest BCUT2D eigenvalue weighted by atomic mass is 16.5. The zero-order valence-electron chi connectivity index (χ0n) is 15.6. The zero-order chi connectivity index (χ0) is 19.4. The quantitative estimate of drug-likeness (QED) is 0.574. The molecule has 140 valence electrons. The molecule has 6 heteroatoms. The van der Waals surface area contributed by atoms with E-state index in [2.05, 4.69) is 0 Å². The Morgan fingerprint density at radius 1 is 0.852 bits per heavy atom. The van der Waals surface area contributed by atoms with E-state index in [4.69, 9.17) is 23.4 Å². The second-order valence-electron chi connectivity index (χ2n) is 5.62. The number of hydrogen-bond acceptors (Lipinski definition) is 6. The number of furan rings is 1. The van der Waals surface area contributed by atoms with E-state index in [1.165, 1.54) is 21.3 Å². The molecule has 0 fully saturated rings. The summed E-state index contributed by atoms with van der Waals surface area (Å²) in [7, 11) is 6.10. The average Bonchev–Trinajstić information content (AvgIpc) is 3.26. The molecule has 0 saturated carbocycles. The van der Waals surface area contributed by atoms with Gasteiger partial charge in [-0.2, -0.15) is 0 Å².